The maximum Gasteiger partial charge on any atom is 0.410 e. The zero-order valence-electron chi connectivity index (χ0n) is 22.8. The van der Waals surface area contributed by atoms with Crippen molar-refractivity contribution in [3.05, 3.63) is 53.2 Å². The fourth-order valence-electron chi connectivity index (χ4n) is 5.19. The van der Waals surface area contributed by atoms with Gasteiger partial charge in [-0.05, 0) is 64.9 Å². The first kappa shape index (κ1) is 26.2. The molecule has 10 heteroatoms. The van der Waals surface area contributed by atoms with E-state index in [0.717, 1.165) is 37.6 Å². The molecule has 10 nitrogen and oxygen atoms in total. The summed E-state index contributed by atoms with van der Waals surface area (Å²) >= 11 is 0. The van der Waals surface area contributed by atoms with Crippen LogP contribution in [-0.2, 0) is 11.3 Å². The number of rotatable bonds is 4. The van der Waals surface area contributed by atoms with Gasteiger partial charge < -0.3 is 29.1 Å². The van der Waals surface area contributed by atoms with Crippen molar-refractivity contribution >= 4 is 22.8 Å². The predicted molar refractivity (Wildman–Crippen MR) is 147 cm³/mol. The maximum atomic E-state index is 13.4. The van der Waals surface area contributed by atoms with Crippen LogP contribution < -0.4 is 10.5 Å². The van der Waals surface area contributed by atoms with Gasteiger partial charge in [-0.15, -0.1) is 0 Å². The molecule has 0 aliphatic carbocycles. The van der Waals surface area contributed by atoms with E-state index < -0.39 is 11.2 Å². The van der Waals surface area contributed by atoms with Crippen molar-refractivity contribution in [2.45, 2.75) is 51.4 Å². The third-order valence-corrected chi connectivity index (χ3v) is 7.46. The van der Waals surface area contributed by atoms with Crippen LogP contribution in [0.2, 0.25) is 0 Å². The molecule has 2 aliphatic rings. The Morgan fingerprint density at radius 2 is 1.74 bits per heavy atom. The summed E-state index contributed by atoms with van der Waals surface area (Å²) in [7, 11) is 2.14. The molecule has 1 N–H and O–H groups in total. The molecule has 4 heterocycles. The molecule has 1 aromatic carbocycles. The lowest BCUT2D eigenvalue weighted by Crippen LogP contribution is -2.50. The molecule has 0 spiro atoms. The molecule has 0 atom stereocenters. The fraction of sp³-hybridized carbons (Fsp3) is 0.536. The summed E-state index contributed by atoms with van der Waals surface area (Å²) in [5.41, 5.74) is 0.846. The van der Waals surface area contributed by atoms with Gasteiger partial charge in [-0.1, -0.05) is 6.07 Å². The molecule has 2 saturated heterocycles. The third-order valence-electron chi connectivity index (χ3n) is 7.46. The normalized spacial score (nSPS) is 18.7. The molecule has 2 aromatic heterocycles. The Balaban J connectivity index is 1.31. The molecule has 204 valence electrons. The number of likely N-dealkylation sites (N-methyl/N-ethyl adjacent to an activating group) is 1. The van der Waals surface area contributed by atoms with Crippen molar-refractivity contribution in [2.24, 2.45) is 0 Å². The Hall–Kier alpha value is -3.37. The molecule has 0 unspecified atom stereocenters. The largest absolute Gasteiger partial charge is 0.444 e. The molecule has 5 rings (SSSR count). The summed E-state index contributed by atoms with van der Waals surface area (Å²) in [5.74, 6) is 0. The monoisotopic (exact) mass is 522 g/mol. The first-order valence-corrected chi connectivity index (χ1v) is 13.3. The van der Waals surface area contributed by atoms with Gasteiger partial charge in [0.1, 0.15) is 11.9 Å². The van der Waals surface area contributed by atoms with Crippen molar-refractivity contribution in [1.29, 1.82) is 0 Å². The highest BCUT2D eigenvalue weighted by Gasteiger charge is 2.36. The molecular weight excluding hydrogens is 484 g/mol. The number of fused-ring (bicyclic) bond motifs is 1. The number of carbonyl (C=O) groups excluding carboxylic acids is 1. The summed E-state index contributed by atoms with van der Waals surface area (Å²) in [4.78, 5) is 36.7. The van der Waals surface area contributed by atoms with Crippen molar-refractivity contribution in [1.82, 2.24) is 23.9 Å². The number of likely N-dealkylation sites (tertiary alicyclic amines) is 1. The van der Waals surface area contributed by atoms with E-state index in [9.17, 15) is 14.7 Å². The van der Waals surface area contributed by atoms with Gasteiger partial charge in [0.2, 0.25) is 0 Å². The number of aromatic nitrogens is 3. The van der Waals surface area contributed by atoms with Crippen molar-refractivity contribution in [2.75, 3.05) is 51.2 Å². The number of aliphatic hydroxyl groups is 1. The van der Waals surface area contributed by atoms with Crippen LogP contribution in [0, 0.1) is 0 Å². The lowest BCUT2D eigenvalue weighted by molar-refractivity contribution is -0.0419. The standard InChI is InChI=1S/C28H38N6O4/c1-27(2,3)38-26(36)32-12-9-28(37,10-13-32)19-33-20-29-24-23(25(33)35)8-11-34(24)22-7-5-6-21(18-22)31-16-14-30(4)15-17-31/h5-8,11,18,20,37H,9-10,12-17,19H2,1-4H3. The smallest absolute Gasteiger partial charge is 0.410 e. The maximum absolute atomic E-state index is 13.4. The number of anilines is 1. The van der Waals surface area contributed by atoms with Crippen LogP contribution in [0.5, 0.6) is 0 Å². The second-order valence-electron chi connectivity index (χ2n) is 11.6. The Morgan fingerprint density at radius 3 is 2.42 bits per heavy atom. The van der Waals surface area contributed by atoms with Crippen molar-refractivity contribution in [3.63, 3.8) is 0 Å². The van der Waals surface area contributed by atoms with Crippen LogP contribution in [0.15, 0.2) is 47.7 Å². The van der Waals surface area contributed by atoms with Crippen LogP contribution in [0.3, 0.4) is 0 Å². The van der Waals surface area contributed by atoms with E-state index in [2.05, 4.69) is 34.0 Å². The summed E-state index contributed by atoms with van der Waals surface area (Å²) in [6.45, 7) is 10.4. The van der Waals surface area contributed by atoms with Gasteiger partial charge in [0.05, 0.1) is 17.5 Å². The van der Waals surface area contributed by atoms with E-state index in [1.807, 2.05) is 43.7 Å². The number of piperazine rings is 1. The Morgan fingerprint density at radius 1 is 1.05 bits per heavy atom. The second-order valence-corrected chi connectivity index (χ2v) is 11.6. The first-order valence-electron chi connectivity index (χ1n) is 13.3. The predicted octanol–water partition coefficient (Wildman–Crippen LogP) is 2.70. The molecule has 1 amide bonds. The van der Waals surface area contributed by atoms with E-state index in [0.29, 0.717) is 37.0 Å². The quantitative estimate of drug-likeness (QED) is 0.563. The highest BCUT2D eigenvalue weighted by atomic mass is 16.6. The highest BCUT2D eigenvalue weighted by molar-refractivity contribution is 5.77. The lowest BCUT2D eigenvalue weighted by Gasteiger charge is -2.38. The summed E-state index contributed by atoms with van der Waals surface area (Å²) < 4.78 is 8.87. The topological polar surface area (TPSA) is 96.1 Å². The van der Waals surface area contributed by atoms with E-state index in [4.69, 9.17) is 4.74 Å². The van der Waals surface area contributed by atoms with Crippen molar-refractivity contribution in [3.8, 4) is 5.69 Å². The summed E-state index contributed by atoms with van der Waals surface area (Å²) in [6, 6.07) is 10.1. The summed E-state index contributed by atoms with van der Waals surface area (Å²) in [6.07, 6.45) is 3.73. The number of amides is 1. The molecular formula is C28H38N6O4. The molecule has 2 fully saturated rings. The molecule has 0 saturated carbocycles. The zero-order chi connectivity index (χ0) is 27.1. The molecule has 0 radical (unpaired) electrons. The number of ether oxygens (including phenoxy) is 1. The Bertz CT molecular complexity index is 1360. The fourth-order valence-corrected chi connectivity index (χ4v) is 5.19. The van der Waals surface area contributed by atoms with E-state index in [1.165, 1.54) is 10.9 Å². The van der Waals surface area contributed by atoms with Gasteiger partial charge >= 0.3 is 6.09 Å². The van der Waals surface area contributed by atoms with Crippen LogP contribution in [0.4, 0.5) is 10.5 Å². The average molecular weight is 523 g/mol. The Kier molecular flexibility index (Phi) is 6.96. The molecule has 0 bridgehead atoms. The number of hydrogen-bond acceptors (Lipinski definition) is 7. The van der Waals surface area contributed by atoms with E-state index in [1.54, 1.807) is 11.0 Å². The summed E-state index contributed by atoms with van der Waals surface area (Å²) in [5, 5.41) is 11.7. The minimum atomic E-state index is -1.10. The Labute approximate surface area is 223 Å². The molecule has 38 heavy (non-hydrogen) atoms. The van der Waals surface area contributed by atoms with Crippen LogP contribution >= 0.6 is 0 Å². The zero-order valence-corrected chi connectivity index (χ0v) is 22.8. The third kappa shape index (κ3) is 5.56. The average Bonchev–Trinajstić information content (AvgIpc) is 3.31. The van der Waals surface area contributed by atoms with Gasteiger partial charge in [-0.25, -0.2) is 9.78 Å². The number of hydrogen-bond donors (Lipinski definition) is 1. The lowest BCUT2D eigenvalue weighted by atomic mass is 9.91. The number of piperidine rings is 1. The van der Waals surface area contributed by atoms with Crippen LogP contribution in [-0.4, -0.2) is 92.6 Å². The molecule has 2 aliphatic heterocycles. The highest BCUT2D eigenvalue weighted by Crippen LogP contribution is 2.26. The number of nitrogens with zero attached hydrogens (tertiary/aromatic N) is 6. The van der Waals surface area contributed by atoms with Crippen molar-refractivity contribution < 1.29 is 14.6 Å². The van der Waals surface area contributed by atoms with E-state index in [-0.39, 0.29) is 18.2 Å². The number of benzene rings is 1. The first-order chi connectivity index (χ1) is 18.0. The van der Waals surface area contributed by atoms with E-state index >= 15 is 0 Å². The minimum Gasteiger partial charge on any atom is -0.444 e. The van der Waals surface area contributed by atoms with Gasteiger partial charge in [0.15, 0.2) is 5.65 Å². The molecule has 3 aromatic rings. The van der Waals surface area contributed by atoms with Gasteiger partial charge in [0, 0.05) is 56.8 Å². The van der Waals surface area contributed by atoms with Gasteiger partial charge in [-0.2, -0.15) is 0 Å². The number of carbonyl (C=O) groups is 1. The minimum absolute atomic E-state index is 0.126. The van der Waals surface area contributed by atoms with Gasteiger partial charge in [-0.3, -0.25) is 9.36 Å². The van der Waals surface area contributed by atoms with Crippen LogP contribution in [0.1, 0.15) is 33.6 Å². The van der Waals surface area contributed by atoms with Gasteiger partial charge in [0.25, 0.3) is 5.56 Å². The van der Waals surface area contributed by atoms with Crippen LogP contribution in [0.25, 0.3) is 16.7 Å². The second kappa shape index (κ2) is 10.1. The SMILES string of the molecule is CN1CCN(c2cccc(-n3ccc4c(=O)n(CC5(O)CCN(C(=O)OC(C)(C)C)CC5)cnc43)c2)CC1.